The number of nitrogens with zero attached hydrogens (tertiary/aromatic N) is 3. The van der Waals surface area contributed by atoms with Gasteiger partial charge in [0, 0.05) is 50.6 Å². The van der Waals surface area contributed by atoms with Crippen LogP contribution >= 0.6 is 0 Å². The number of fused-ring (bicyclic) bond motifs is 7. The molecule has 0 saturated heterocycles. The molecule has 2 aliphatic heterocycles. The molecule has 2 aliphatic rings. The number of hydrogen-bond acceptors (Lipinski definition) is 2. The Kier molecular flexibility index (Phi) is 8.32. The minimum atomic E-state index is 0.0516. The van der Waals surface area contributed by atoms with Crippen molar-refractivity contribution in [3.63, 3.8) is 0 Å². The van der Waals surface area contributed by atoms with Crippen LogP contribution in [0.25, 0.3) is 60.9 Å². The summed E-state index contributed by atoms with van der Waals surface area (Å²) in [6.07, 6.45) is 0. The number of para-hydroxylation sites is 3. The fourth-order valence-electron chi connectivity index (χ4n) is 10.5. The number of rotatable bonds is 6. The van der Waals surface area contributed by atoms with Crippen LogP contribution < -0.4 is 26.2 Å². The van der Waals surface area contributed by atoms with Crippen molar-refractivity contribution in [1.29, 1.82) is 0 Å². The van der Waals surface area contributed by atoms with Gasteiger partial charge in [-0.25, -0.2) is 0 Å². The van der Waals surface area contributed by atoms with E-state index >= 15 is 0 Å². The van der Waals surface area contributed by atoms with E-state index in [4.69, 9.17) is 0 Å². The molecule has 298 valence electrons. The second-order valence-corrected chi connectivity index (χ2v) is 16.9. The molecule has 0 saturated carbocycles. The highest BCUT2D eigenvalue weighted by Crippen LogP contribution is 2.44. The van der Waals surface area contributed by atoms with E-state index in [9.17, 15) is 0 Å². The van der Waals surface area contributed by atoms with Crippen molar-refractivity contribution in [3.8, 4) is 39.1 Å². The summed E-state index contributed by atoms with van der Waals surface area (Å²) < 4.78 is 2.43. The second kappa shape index (κ2) is 14.6. The molecular weight excluding hydrogens is 773 g/mol. The number of hydrogen-bond donors (Lipinski definition) is 0. The Bertz CT molecular complexity index is 3440. The zero-order valence-corrected chi connectivity index (χ0v) is 35.0. The van der Waals surface area contributed by atoms with Gasteiger partial charge < -0.3 is 14.4 Å². The largest absolute Gasteiger partial charge is 0.311 e. The van der Waals surface area contributed by atoms with Gasteiger partial charge in [-0.1, -0.05) is 158 Å². The average Bonchev–Trinajstić information content (AvgIpc) is 3.70. The van der Waals surface area contributed by atoms with Crippen LogP contribution in [0.2, 0.25) is 0 Å². The summed E-state index contributed by atoms with van der Waals surface area (Å²) in [7, 11) is 0. The molecule has 64 heavy (non-hydrogen) atoms. The first kappa shape index (κ1) is 36.3. The third kappa shape index (κ3) is 5.70. The van der Waals surface area contributed by atoms with Crippen LogP contribution in [-0.2, 0) is 0 Å². The highest BCUT2D eigenvalue weighted by molar-refractivity contribution is 7.00. The third-order valence-electron chi connectivity index (χ3n) is 13.4. The van der Waals surface area contributed by atoms with Crippen molar-refractivity contribution in [2.24, 2.45) is 0 Å². The van der Waals surface area contributed by atoms with Crippen LogP contribution in [-0.4, -0.2) is 11.3 Å². The van der Waals surface area contributed by atoms with Gasteiger partial charge in [0.1, 0.15) is 0 Å². The molecule has 0 spiro atoms. The summed E-state index contributed by atoms with van der Waals surface area (Å²) in [5.74, 6) is 0. The van der Waals surface area contributed by atoms with Crippen LogP contribution in [0.15, 0.2) is 243 Å². The Morgan fingerprint density at radius 2 is 0.688 bits per heavy atom. The molecular formula is C60H40BN3. The van der Waals surface area contributed by atoms with Crippen molar-refractivity contribution in [2.75, 3.05) is 9.80 Å². The summed E-state index contributed by atoms with van der Waals surface area (Å²) >= 11 is 0. The lowest BCUT2D eigenvalue weighted by Crippen LogP contribution is -2.61. The Balaban J connectivity index is 0.958. The number of anilines is 6. The predicted octanol–water partition coefficient (Wildman–Crippen LogP) is 13.9. The SMILES string of the molecule is c1ccc(-c2ccc3c(c2)c2cc(-c4ccccc4)ccc2n3-c2ccc(-c3ccc4c(c3)B3c5ccccc5N(c5ccccc5)c5cccc(c53)N4c3ccccc3)cc2)cc1. The molecule has 0 amide bonds. The predicted molar refractivity (Wildman–Crippen MR) is 271 cm³/mol. The minimum Gasteiger partial charge on any atom is -0.311 e. The van der Waals surface area contributed by atoms with Gasteiger partial charge >= 0.3 is 0 Å². The lowest BCUT2D eigenvalue weighted by atomic mass is 9.33. The van der Waals surface area contributed by atoms with Gasteiger partial charge in [-0.05, 0) is 135 Å². The second-order valence-electron chi connectivity index (χ2n) is 16.9. The van der Waals surface area contributed by atoms with E-state index in [1.54, 1.807) is 0 Å². The molecule has 10 aromatic carbocycles. The molecule has 0 atom stereocenters. The third-order valence-corrected chi connectivity index (χ3v) is 13.4. The molecule has 4 heteroatoms. The Morgan fingerprint density at radius 3 is 1.25 bits per heavy atom. The first-order valence-corrected chi connectivity index (χ1v) is 22.1. The highest BCUT2D eigenvalue weighted by Gasteiger charge is 2.43. The van der Waals surface area contributed by atoms with Crippen molar-refractivity contribution in [2.45, 2.75) is 0 Å². The van der Waals surface area contributed by atoms with Crippen molar-refractivity contribution in [3.05, 3.63) is 243 Å². The van der Waals surface area contributed by atoms with E-state index < -0.39 is 0 Å². The molecule has 1 aromatic heterocycles. The van der Waals surface area contributed by atoms with E-state index in [0.29, 0.717) is 0 Å². The Morgan fingerprint density at radius 1 is 0.266 bits per heavy atom. The van der Waals surface area contributed by atoms with E-state index in [0.717, 1.165) is 17.1 Å². The van der Waals surface area contributed by atoms with Crippen LogP contribution in [0.1, 0.15) is 0 Å². The normalized spacial score (nSPS) is 12.6. The number of aromatic nitrogens is 1. The van der Waals surface area contributed by atoms with Crippen LogP contribution in [0.3, 0.4) is 0 Å². The maximum Gasteiger partial charge on any atom is 0.252 e. The monoisotopic (exact) mass is 813 g/mol. The maximum atomic E-state index is 2.46. The zero-order valence-electron chi connectivity index (χ0n) is 35.0. The average molecular weight is 814 g/mol. The fraction of sp³-hybridized carbons (Fsp3) is 0. The van der Waals surface area contributed by atoms with Gasteiger partial charge in [0.05, 0.1) is 11.0 Å². The van der Waals surface area contributed by atoms with E-state index in [1.165, 1.54) is 94.3 Å². The summed E-state index contributed by atoms with van der Waals surface area (Å²) in [5, 5.41) is 2.49. The van der Waals surface area contributed by atoms with Crippen LogP contribution in [0, 0.1) is 0 Å². The molecule has 13 rings (SSSR count). The molecule has 0 fully saturated rings. The van der Waals surface area contributed by atoms with Crippen molar-refractivity contribution in [1.82, 2.24) is 4.57 Å². The molecule has 11 aromatic rings. The van der Waals surface area contributed by atoms with E-state index in [2.05, 4.69) is 257 Å². The fourth-order valence-corrected chi connectivity index (χ4v) is 10.5. The quantitative estimate of drug-likeness (QED) is 0.155. The zero-order chi connectivity index (χ0) is 42.1. The van der Waals surface area contributed by atoms with Crippen molar-refractivity contribution < 1.29 is 0 Å². The topological polar surface area (TPSA) is 11.4 Å². The van der Waals surface area contributed by atoms with Crippen LogP contribution in [0.4, 0.5) is 34.1 Å². The summed E-state index contributed by atoms with van der Waals surface area (Å²) in [6.45, 7) is 0.0516. The summed E-state index contributed by atoms with van der Waals surface area (Å²) in [4.78, 5) is 4.91. The van der Waals surface area contributed by atoms with E-state index in [-0.39, 0.29) is 6.71 Å². The summed E-state index contributed by atoms with van der Waals surface area (Å²) in [6, 6.07) is 88.9. The summed E-state index contributed by atoms with van der Waals surface area (Å²) in [5.41, 5.74) is 21.9. The molecule has 0 unspecified atom stereocenters. The first-order chi connectivity index (χ1) is 31.8. The van der Waals surface area contributed by atoms with E-state index in [1.807, 2.05) is 0 Å². The molecule has 0 N–H and O–H groups in total. The lowest BCUT2D eigenvalue weighted by molar-refractivity contribution is 1.18. The van der Waals surface area contributed by atoms with Crippen LogP contribution in [0.5, 0.6) is 0 Å². The lowest BCUT2D eigenvalue weighted by Gasteiger charge is -2.44. The van der Waals surface area contributed by atoms with Gasteiger partial charge in [0.25, 0.3) is 6.71 Å². The number of benzene rings is 10. The molecule has 0 radical (unpaired) electrons. The minimum absolute atomic E-state index is 0.0516. The highest BCUT2D eigenvalue weighted by atomic mass is 15.2. The van der Waals surface area contributed by atoms with Crippen molar-refractivity contribution >= 4 is 79.0 Å². The molecule has 0 bridgehead atoms. The first-order valence-electron chi connectivity index (χ1n) is 22.1. The smallest absolute Gasteiger partial charge is 0.252 e. The standard InChI is InChI=1S/C60H40BN3/c1-5-16-41(17-6-1)44-30-35-54-50(38-44)51-39-45(42-18-7-2-8-19-42)31-36-55(51)62(54)49-33-28-43(29-34-49)46-32-37-57-53(40-46)61-52-24-13-14-25-56(52)63(47-20-9-3-10-21-47)58-26-15-27-59(60(58)61)64(57)48-22-11-4-12-23-48/h1-40H. The molecule has 3 nitrogen and oxygen atoms in total. The molecule has 3 heterocycles. The van der Waals surface area contributed by atoms with Gasteiger partial charge in [0.2, 0.25) is 0 Å². The van der Waals surface area contributed by atoms with Gasteiger partial charge in [-0.3, -0.25) is 0 Å². The molecule has 0 aliphatic carbocycles. The Hall–Kier alpha value is -8.34. The van der Waals surface area contributed by atoms with Gasteiger partial charge in [-0.15, -0.1) is 0 Å². The Labute approximate surface area is 373 Å². The van der Waals surface area contributed by atoms with Gasteiger partial charge in [-0.2, -0.15) is 0 Å². The van der Waals surface area contributed by atoms with Gasteiger partial charge in [0.15, 0.2) is 0 Å². The maximum absolute atomic E-state index is 2.46.